The molecule has 26 heavy (non-hydrogen) atoms. The van der Waals surface area contributed by atoms with Crippen molar-refractivity contribution in [2.45, 2.75) is 33.1 Å². The van der Waals surface area contributed by atoms with Crippen LogP contribution in [0.25, 0.3) is 0 Å². The van der Waals surface area contributed by atoms with Crippen LogP contribution in [0.2, 0.25) is 0 Å². The topological polar surface area (TPSA) is 61.4 Å². The number of rotatable bonds is 6. The first-order chi connectivity index (χ1) is 12.7. The van der Waals surface area contributed by atoms with Gasteiger partial charge >= 0.3 is 0 Å². The third kappa shape index (κ3) is 4.12. The van der Waals surface area contributed by atoms with E-state index in [-0.39, 0.29) is 5.91 Å². The molecule has 3 rings (SSSR count). The van der Waals surface area contributed by atoms with Crippen molar-refractivity contribution in [3.8, 4) is 0 Å². The number of hydrogen-bond donors (Lipinski definition) is 1. The zero-order valence-electron chi connectivity index (χ0n) is 15.6. The summed E-state index contributed by atoms with van der Waals surface area (Å²) in [6.45, 7) is 7.94. The molecule has 1 aliphatic heterocycles. The van der Waals surface area contributed by atoms with Gasteiger partial charge in [0, 0.05) is 38.6 Å². The highest BCUT2D eigenvalue weighted by Gasteiger charge is 2.17. The largest absolute Gasteiger partial charge is 0.357 e. The Bertz CT molecular complexity index is 721. The summed E-state index contributed by atoms with van der Waals surface area (Å²) in [5.41, 5.74) is 1.31. The molecule has 0 aliphatic carbocycles. The minimum atomic E-state index is -0.158. The van der Waals surface area contributed by atoms with Crippen LogP contribution in [-0.2, 0) is 0 Å². The van der Waals surface area contributed by atoms with Crippen LogP contribution in [0.1, 0.15) is 43.5 Å². The van der Waals surface area contributed by atoms with Crippen LogP contribution in [0.5, 0.6) is 0 Å². The van der Waals surface area contributed by atoms with E-state index >= 15 is 0 Å². The number of carbonyl (C=O) groups is 1. The number of hydrogen-bond acceptors (Lipinski definition) is 5. The average Bonchev–Trinajstić information content (AvgIpc) is 2.70. The first-order valence-corrected chi connectivity index (χ1v) is 9.45. The van der Waals surface area contributed by atoms with Crippen molar-refractivity contribution >= 4 is 23.2 Å². The number of pyridine rings is 2. The summed E-state index contributed by atoms with van der Waals surface area (Å²) < 4.78 is 0. The smallest absolute Gasteiger partial charge is 0.257 e. The molecule has 0 spiro atoms. The zero-order chi connectivity index (χ0) is 18.4. The normalized spacial score (nSPS) is 14.2. The van der Waals surface area contributed by atoms with Gasteiger partial charge in [-0.05, 0) is 57.4 Å². The maximum Gasteiger partial charge on any atom is 0.257 e. The molecule has 138 valence electrons. The number of nitrogens with one attached hydrogen (secondary N) is 1. The predicted octanol–water partition coefficient (Wildman–Crippen LogP) is 3.57. The molecule has 1 amide bonds. The van der Waals surface area contributed by atoms with Crippen molar-refractivity contribution in [2.24, 2.45) is 0 Å². The van der Waals surface area contributed by atoms with Crippen LogP contribution < -0.4 is 15.1 Å². The molecule has 0 atom stereocenters. The Morgan fingerprint density at radius 1 is 1.12 bits per heavy atom. The zero-order valence-corrected chi connectivity index (χ0v) is 15.6. The number of aromatic nitrogens is 2. The van der Waals surface area contributed by atoms with Gasteiger partial charge in [-0.1, -0.05) is 0 Å². The molecule has 0 saturated carbocycles. The van der Waals surface area contributed by atoms with Crippen molar-refractivity contribution in [1.29, 1.82) is 0 Å². The van der Waals surface area contributed by atoms with Crippen molar-refractivity contribution in [1.82, 2.24) is 9.97 Å². The molecule has 3 heterocycles. The maximum atomic E-state index is 12.7. The molecule has 2 aromatic rings. The minimum absolute atomic E-state index is 0.158. The molecule has 1 aliphatic rings. The van der Waals surface area contributed by atoms with Crippen LogP contribution in [0.3, 0.4) is 0 Å². The number of piperidine rings is 1. The van der Waals surface area contributed by atoms with Gasteiger partial charge in [-0.2, -0.15) is 0 Å². The molecular formula is C20H27N5O. The van der Waals surface area contributed by atoms with Crippen molar-refractivity contribution in [2.75, 3.05) is 41.3 Å². The van der Waals surface area contributed by atoms with Gasteiger partial charge in [-0.15, -0.1) is 0 Å². The van der Waals surface area contributed by atoms with E-state index in [0.29, 0.717) is 5.56 Å². The standard InChI is InChI=1S/C20H27N5O/c1-3-24(4-2)18-11-10-16(15-22-18)20(26)23-17-9-8-12-21-19(17)25-13-6-5-7-14-25/h8-12,15H,3-7,13-14H2,1-2H3,(H,23,26). The highest BCUT2D eigenvalue weighted by atomic mass is 16.1. The van der Waals surface area contributed by atoms with Crippen molar-refractivity contribution in [3.63, 3.8) is 0 Å². The summed E-state index contributed by atoms with van der Waals surface area (Å²) in [4.78, 5) is 26.0. The molecular weight excluding hydrogens is 326 g/mol. The van der Waals surface area contributed by atoms with Crippen molar-refractivity contribution < 1.29 is 4.79 Å². The highest BCUT2D eigenvalue weighted by molar-refractivity contribution is 6.05. The van der Waals surface area contributed by atoms with E-state index < -0.39 is 0 Å². The predicted molar refractivity (Wildman–Crippen MR) is 106 cm³/mol. The van der Waals surface area contributed by atoms with Crippen LogP contribution in [-0.4, -0.2) is 42.1 Å². The summed E-state index contributed by atoms with van der Waals surface area (Å²) in [6, 6.07) is 7.49. The summed E-state index contributed by atoms with van der Waals surface area (Å²) in [5, 5.41) is 3.00. The van der Waals surface area contributed by atoms with E-state index in [1.807, 2.05) is 24.3 Å². The van der Waals surface area contributed by atoms with Crippen LogP contribution in [0.15, 0.2) is 36.7 Å². The highest BCUT2D eigenvalue weighted by Crippen LogP contribution is 2.26. The molecule has 6 nitrogen and oxygen atoms in total. The fourth-order valence-electron chi connectivity index (χ4n) is 3.30. The lowest BCUT2D eigenvalue weighted by molar-refractivity contribution is 0.102. The van der Waals surface area contributed by atoms with E-state index in [1.165, 1.54) is 19.3 Å². The lowest BCUT2D eigenvalue weighted by Gasteiger charge is -2.29. The molecule has 0 radical (unpaired) electrons. The first-order valence-electron chi connectivity index (χ1n) is 9.45. The molecule has 1 N–H and O–H groups in total. The second-order valence-electron chi connectivity index (χ2n) is 6.45. The van der Waals surface area contributed by atoms with Gasteiger partial charge in [-0.3, -0.25) is 4.79 Å². The maximum absolute atomic E-state index is 12.7. The second kappa shape index (κ2) is 8.65. The minimum Gasteiger partial charge on any atom is -0.357 e. The summed E-state index contributed by atoms with van der Waals surface area (Å²) in [6.07, 6.45) is 7.01. The lowest BCUT2D eigenvalue weighted by atomic mass is 10.1. The van der Waals surface area contributed by atoms with Gasteiger partial charge < -0.3 is 15.1 Å². The average molecular weight is 353 g/mol. The number of anilines is 3. The first kappa shape index (κ1) is 18.2. The Labute approximate surface area is 155 Å². The van der Waals surface area contributed by atoms with E-state index in [0.717, 1.165) is 43.5 Å². The Morgan fingerprint density at radius 2 is 1.88 bits per heavy atom. The fraction of sp³-hybridized carbons (Fsp3) is 0.450. The van der Waals surface area contributed by atoms with Gasteiger partial charge in [0.15, 0.2) is 5.82 Å². The van der Waals surface area contributed by atoms with Gasteiger partial charge in [0.1, 0.15) is 5.82 Å². The van der Waals surface area contributed by atoms with Crippen LogP contribution >= 0.6 is 0 Å². The van der Waals surface area contributed by atoms with E-state index in [4.69, 9.17) is 0 Å². The van der Waals surface area contributed by atoms with E-state index in [2.05, 4.69) is 38.9 Å². The monoisotopic (exact) mass is 353 g/mol. The molecule has 0 unspecified atom stereocenters. The number of carbonyl (C=O) groups excluding carboxylic acids is 1. The number of amides is 1. The molecule has 0 aromatic carbocycles. The second-order valence-corrected chi connectivity index (χ2v) is 6.45. The third-order valence-electron chi connectivity index (χ3n) is 4.79. The van der Waals surface area contributed by atoms with Gasteiger partial charge in [-0.25, -0.2) is 9.97 Å². The molecule has 6 heteroatoms. The summed E-state index contributed by atoms with van der Waals surface area (Å²) >= 11 is 0. The fourth-order valence-corrected chi connectivity index (χ4v) is 3.30. The lowest BCUT2D eigenvalue weighted by Crippen LogP contribution is -2.31. The summed E-state index contributed by atoms with van der Waals surface area (Å²) in [7, 11) is 0. The molecule has 2 aromatic heterocycles. The Kier molecular flexibility index (Phi) is 6.04. The quantitative estimate of drug-likeness (QED) is 0.860. The molecule has 0 bridgehead atoms. The van der Waals surface area contributed by atoms with Crippen LogP contribution in [0.4, 0.5) is 17.3 Å². The number of nitrogens with zero attached hydrogens (tertiary/aromatic N) is 4. The summed E-state index contributed by atoms with van der Waals surface area (Å²) in [5.74, 6) is 1.59. The van der Waals surface area contributed by atoms with Gasteiger partial charge in [0.25, 0.3) is 5.91 Å². The SMILES string of the molecule is CCN(CC)c1ccc(C(=O)Nc2cccnc2N2CCCCC2)cn1. The van der Waals surface area contributed by atoms with Crippen molar-refractivity contribution in [3.05, 3.63) is 42.2 Å². The Morgan fingerprint density at radius 3 is 2.54 bits per heavy atom. The van der Waals surface area contributed by atoms with E-state index in [9.17, 15) is 4.79 Å². The Balaban J connectivity index is 1.74. The van der Waals surface area contributed by atoms with Gasteiger partial charge in [0.2, 0.25) is 0 Å². The van der Waals surface area contributed by atoms with Gasteiger partial charge in [0.05, 0.1) is 11.3 Å². The Hall–Kier alpha value is -2.63. The van der Waals surface area contributed by atoms with E-state index in [1.54, 1.807) is 12.4 Å². The van der Waals surface area contributed by atoms with Crippen LogP contribution in [0, 0.1) is 0 Å². The third-order valence-corrected chi connectivity index (χ3v) is 4.79. The molecule has 1 fully saturated rings. The molecule has 1 saturated heterocycles.